The summed E-state index contributed by atoms with van der Waals surface area (Å²) in [6.07, 6.45) is 0. The third-order valence-corrected chi connectivity index (χ3v) is 4.03. The first-order chi connectivity index (χ1) is 7.27. The van der Waals surface area contributed by atoms with Crippen molar-refractivity contribution in [2.45, 2.75) is 4.90 Å². The van der Waals surface area contributed by atoms with Crippen molar-refractivity contribution in [3.63, 3.8) is 0 Å². The predicted octanol–water partition coefficient (Wildman–Crippen LogP) is 3.78. The summed E-state index contributed by atoms with van der Waals surface area (Å²) in [4.78, 5) is 12.6. The Labute approximate surface area is 96.4 Å². The molecule has 74 valence electrons. The van der Waals surface area contributed by atoms with Crippen LogP contribution >= 0.6 is 23.4 Å². The minimum Gasteiger partial charge on any atom is -0.293 e. The summed E-state index contributed by atoms with van der Waals surface area (Å²) in [5, 5.41) is 2.85. The van der Waals surface area contributed by atoms with Gasteiger partial charge in [0.1, 0.15) is 0 Å². The van der Waals surface area contributed by atoms with E-state index in [2.05, 4.69) is 0 Å². The van der Waals surface area contributed by atoms with Gasteiger partial charge in [-0.1, -0.05) is 29.8 Å². The molecular formula is C12H7ClOS. The Bertz CT molecular complexity index is 577. The highest BCUT2D eigenvalue weighted by molar-refractivity contribution is 8.00. The number of ketones is 1. The highest BCUT2D eigenvalue weighted by Gasteiger charge is 2.22. The molecule has 1 heterocycles. The Hall–Kier alpha value is -0.990. The zero-order valence-corrected chi connectivity index (χ0v) is 9.36. The van der Waals surface area contributed by atoms with Gasteiger partial charge in [-0.3, -0.25) is 4.79 Å². The second-order valence-electron chi connectivity index (χ2n) is 3.49. The molecule has 0 radical (unpaired) electrons. The van der Waals surface area contributed by atoms with Gasteiger partial charge in [-0.25, -0.2) is 0 Å². The molecule has 1 nitrogen and oxygen atoms in total. The average Bonchev–Trinajstić information content (AvgIpc) is 2.61. The van der Waals surface area contributed by atoms with Crippen molar-refractivity contribution in [1.29, 1.82) is 0 Å². The monoisotopic (exact) mass is 234 g/mol. The van der Waals surface area contributed by atoms with E-state index in [0.29, 0.717) is 5.75 Å². The molecule has 0 spiro atoms. The van der Waals surface area contributed by atoms with E-state index in [1.54, 1.807) is 11.8 Å². The van der Waals surface area contributed by atoms with Crippen LogP contribution in [0.2, 0.25) is 5.02 Å². The second-order valence-corrected chi connectivity index (χ2v) is 4.88. The minimum atomic E-state index is 0.205. The number of fused-ring (bicyclic) bond motifs is 3. The number of rotatable bonds is 0. The fourth-order valence-electron chi connectivity index (χ4n) is 1.89. The van der Waals surface area contributed by atoms with Crippen LogP contribution in [0.15, 0.2) is 35.2 Å². The van der Waals surface area contributed by atoms with Gasteiger partial charge in [0, 0.05) is 20.9 Å². The molecular weight excluding hydrogens is 228 g/mol. The van der Waals surface area contributed by atoms with E-state index >= 15 is 0 Å². The summed E-state index contributed by atoms with van der Waals surface area (Å²) in [6.45, 7) is 0. The van der Waals surface area contributed by atoms with Crippen molar-refractivity contribution < 1.29 is 4.79 Å². The van der Waals surface area contributed by atoms with Crippen molar-refractivity contribution in [1.82, 2.24) is 0 Å². The molecule has 0 N–H and O–H groups in total. The summed E-state index contributed by atoms with van der Waals surface area (Å²) < 4.78 is 0. The largest absolute Gasteiger partial charge is 0.293 e. The van der Waals surface area contributed by atoms with E-state index in [0.717, 1.165) is 26.3 Å². The molecule has 0 fully saturated rings. The first kappa shape index (κ1) is 9.25. The van der Waals surface area contributed by atoms with E-state index in [1.807, 2.05) is 30.3 Å². The van der Waals surface area contributed by atoms with Gasteiger partial charge in [-0.15, -0.1) is 11.8 Å². The van der Waals surface area contributed by atoms with Crippen LogP contribution in [0.1, 0.15) is 10.4 Å². The van der Waals surface area contributed by atoms with Crippen LogP contribution in [0.25, 0.3) is 10.8 Å². The van der Waals surface area contributed by atoms with Gasteiger partial charge in [0.15, 0.2) is 5.78 Å². The zero-order chi connectivity index (χ0) is 10.4. The number of hydrogen-bond acceptors (Lipinski definition) is 2. The van der Waals surface area contributed by atoms with E-state index in [9.17, 15) is 4.79 Å². The molecule has 0 saturated carbocycles. The van der Waals surface area contributed by atoms with Crippen LogP contribution in [0.3, 0.4) is 0 Å². The zero-order valence-electron chi connectivity index (χ0n) is 7.79. The molecule has 15 heavy (non-hydrogen) atoms. The first-order valence-corrected chi connectivity index (χ1v) is 6.01. The maximum absolute atomic E-state index is 11.6. The molecule has 2 aromatic carbocycles. The van der Waals surface area contributed by atoms with Crippen molar-refractivity contribution in [3.05, 3.63) is 40.9 Å². The smallest absolute Gasteiger partial charge is 0.174 e. The highest BCUT2D eigenvalue weighted by atomic mass is 35.5. The lowest BCUT2D eigenvalue weighted by molar-refractivity contribution is 0.102. The quantitative estimate of drug-likeness (QED) is 0.690. The summed E-state index contributed by atoms with van der Waals surface area (Å²) in [6, 6.07) is 9.68. The molecule has 0 saturated heterocycles. The average molecular weight is 235 g/mol. The Kier molecular flexibility index (Phi) is 2.01. The molecule has 0 bridgehead atoms. The molecule has 0 unspecified atom stereocenters. The summed E-state index contributed by atoms with van der Waals surface area (Å²) >= 11 is 7.75. The number of carbonyl (C=O) groups is 1. The fourth-order valence-corrected chi connectivity index (χ4v) is 3.36. The molecule has 0 amide bonds. The second kappa shape index (κ2) is 3.26. The van der Waals surface area contributed by atoms with E-state index < -0.39 is 0 Å². The van der Waals surface area contributed by atoms with Gasteiger partial charge >= 0.3 is 0 Å². The number of Topliss-reactive ketones (excluding diaryl/α,β-unsaturated/α-hetero) is 1. The predicted molar refractivity (Wildman–Crippen MR) is 64.0 cm³/mol. The Balaban J connectivity index is 2.48. The standard InChI is InChI=1S/C12H7ClOS/c13-9-3-1-2-7-4-5-8-10(14)6-15-12(8)11(7)9/h1-5H,6H2. The van der Waals surface area contributed by atoms with Crippen molar-refractivity contribution in [2.24, 2.45) is 0 Å². The molecule has 2 aromatic rings. The van der Waals surface area contributed by atoms with Crippen molar-refractivity contribution in [3.8, 4) is 0 Å². The number of carbonyl (C=O) groups excluding carboxylic acids is 1. The van der Waals surface area contributed by atoms with Crippen molar-refractivity contribution >= 4 is 39.9 Å². The van der Waals surface area contributed by atoms with Crippen LogP contribution in [-0.4, -0.2) is 11.5 Å². The first-order valence-electron chi connectivity index (χ1n) is 4.64. The van der Waals surface area contributed by atoms with Gasteiger partial charge in [-0.2, -0.15) is 0 Å². The number of benzene rings is 2. The third-order valence-electron chi connectivity index (χ3n) is 2.60. The topological polar surface area (TPSA) is 17.1 Å². The number of halogens is 1. The highest BCUT2D eigenvalue weighted by Crippen LogP contribution is 2.40. The maximum atomic E-state index is 11.6. The van der Waals surface area contributed by atoms with Crippen LogP contribution < -0.4 is 0 Å². The van der Waals surface area contributed by atoms with Crippen LogP contribution in [0.5, 0.6) is 0 Å². The molecule has 1 aliphatic heterocycles. The molecule has 0 aromatic heterocycles. The lowest BCUT2D eigenvalue weighted by Crippen LogP contribution is -1.94. The summed E-state index contributed by atoms with van der Waals surface area (Å²) in [7, 11) is 0. The Morgan fingerprint density at radius 1 is 1.20 bits per heavy atom. The van der Waals surface area contributed by atoms with Gasteiger partial charge in [0.25, 0.3) is 0 Å². The van der Waals surface area contributed by atoms with Gasteiger partial charge in [0.05, 0.1) is 5.75 Å². The summed E-state index contributed by atoms with van der Waals surface area (Å²) in [5.41, 5.74) is 0.820. The lowest BCUT2D eigenvalue weighted by Gasteiger charge is -2.05. The van der Waals surface area contributed by atoms with Crippen LogP contribution in [0.4, 0.5) is 0 Å². The minimum absolute atomic E-state index is 0.205. The Morgan fingerprint density at radius 2 is 2.07 bits per heavy atom. The van der Waals surface area contributed by atoms with E-state index in [-0.39, 0.29) is 5.78 Å². The normalized spacial score (nSPS) is 14.6. The fraction of sp³-hybridized carbons (Fsp3) is 0.0833. The van der Waals surface area contributed by atoms with E-state index in [4.69, 9.17) is 11.6 Å². The van der Waals surface area contributed by atoms with E-state index in [1.165, 1.54) is 0 Å². The van der Waals surface area contributed by atoms with Gasteiger partial charge in [0.2, 0.25) is 0 Å². The molecule has 0 atom stereocenters. The number of thioether (sulfide) groups is 1. The Morgan fingerprint density at radius 3 is 2.93 bits per heavy atom. The van der Waals surface area contributed by atoms with Crippen molar-refractivity contribution in [2.75, 3.05) is 5.75 Å². The molecule has 3 heteroatoms. The SMILES string of the molecule is O=C1CSc2c1ccc1cccc(Cl)c21. The lowest BCUT2D eigenvalue weighted by atomic mass is 10.1. The molecule has 1 aliphatic rings. The molecule has 0 aliphatic carbocycles. The van der Waals surface area contributed by atoms with Crippen LogP contribution in [-0.2, 0) is 0 Å². The van der Waals surface area contributed by atoms with Gasteiger partial charge < -0.3 is 0 Å². The molecule has 3 rings (SSSR count). The maximum Gasteiger partial charge on any atom is 0.174 e. The number of hydrogen-bond donors (Lipinski definition) is 0. The van der Waals surface area contributed by atoms with Crippen LogP contribution in [0, 0.1) is 0 Å². The summed E-state index contributed by atoms with van der Waals surface area (Å²) in [5.74, 6) is 0.747. The third kappa shape index (κ3) is 1.29. The van der Waals surface area contributed by atoms with Gasteiger partial charge in [-0.05, 0) is 17.5 Å².